The fourth-order valence-corrected chi connectivity index (χ4v) is 1.74. The van der Waals surface area contributed by atoms with E-state index in [1.165, 1.54) is 6.07 Å². The van der Waals surface area contributed by atoms with Gasteiger partial charge in [-0.25, -0.2) is 14.4 Å². The highest BCUT2D eigenvalue weighted by Gasteiger charge is 2.09. The number of nitrogen functional groups attached to an aromatic ring is 1. The zero-order chi connectivity index (χ0) is 12.6. The Bertz CT molecular complexity index is 561. The van der Waals surface area contributed by atoms with E-state index in [0.29, 0.717) is 17.2 Å². The van der Waals surface area contributed by atoms with Gasteiger partial charge in [0.25, 0.3) is 0 Å². The second-order valence-electron chi connectivity index (χ2n) is 3.80. The van der Waals surface area contributed by atoms with Crippen LogP contribution in [0.1, 0.15) is 11.3 Å². The second-order valence-corrected chi connectivity index (χ2v) is 4.87. The second kappa shape index (κ2) is 4.56. The normalized spacial score (nSPS) is 10.6. The molecule has 2 rings (SSSR count). The van der Waals surface area contributed by atoms with E-state index in [9.17, 15) is 4.39 Å². The van der Waals surface area contributed by atoms with Crippen LogP contribution in [0.4, 0.5) is 10.2 Å². The van der Waals surface area contributed by atoms with Crippen LogP contribution in [0.25, 0.3) is 11.4 Å². The van der Waals surface area contributed by atoms with Gasteiger partial charge in [0.2, 0.25) is 0 Å². The Morgan fingerprint density at radius 3 is 2.53 bits per heavy atom. The first kappa shape index (κ1) is 12.2. The van der Waals surface area contributed by atoms with E-state index in [-0.39, 0.29) is 5.82 Å². The first-order chi connectivity index (χ1) is 7.99. The van der Waals surface area contributed by atoms with Crippen LogP contribution in [-0.4, -0.2) is 9.97 Å². The predicted molar refractivity (Wildman–Crippen MR) is 74.0 cm³/mol. The number of anilines is 1. The molecule has 0 aliphatic carbocycles. The first-order valence-electron chi connectivity index (χ1n) is 5.05. The summed E-state index contributed by atoms with van der Waals surface area (Å²) in [4.78, 5) is 8.56. The van der Waals surface area contributed by atoms with Gasteiger partial charge >= 0.3 is 0 Å². The summed E-state index contributed by atoms with van der Waals surface area (Å²) in [5.41, 5.74) is 7.97. The smallest absolute Gasteiger partial charge is 0.161 e. The molecule has 0 aliphatic rings. The highest BCUT2D eigenvalue weighted by atomic mass is 127. The molecular formula is C12H11FIN3. The molecule has 0 aliphatic heterocycles. The molecule has 0 bridgehead atoms. The van der Waals surface area contributed by atoms with Crippen molar-refractivity contribution < 1.29 is 4.39 Å². The topological polar surface area (TPSA) is 51.8 Å². The van der Waals surface area contributed by atoms with Crippen LogP contribution in [0, 0.1) is 23.2 Å². The fourth-order valence-electron chi connectivity index (χ4n) is 1.49. The zero-order valence-electron chi connectivity index (χ0n) is 9.46. The zero-order valence-corrected chi connectivity index (χ0v) is 11.6. The number of halogens is 2. The molecule has 5 heteroatoms. The summed E-state index contributed by atoms with van der Waals surface area (Å²) in [5, 5.41) is 0. The minimum Gasteiger partial charge on any atom is -0.383 e. The fraction of sp³-hybridized carbons (Fsp3) is 0.167. The highest BCUT2D eigenvalue weighted by molar-refractivity contribution is 14.1. The van der Waals surface area contributed by atoms with Crippen molar-refractivity contribution in [1.82, 2.24) is 9.97 Å². The van der Waals surface area contributed by atoms with Gasteiger partial charge in [0.1, 0.15) is 11.6 Å². The monoisotopic (exact) mass is 343 g/mol. The molecule has 0 saturated heterocycles. The number of benzene rings is 1. The molecule has 2 aromatic rings. The van der Waals surface area contributed by atoms with E-state index in [1.54, 1.807) is 19.1 Å². The van der Waals surface area contributed by atoms with Crippen molar-refractivity contribution in [3.8, 4) is 11.4 Å². The molecule has 1 aromatic carbocycles. The molecule has 0 unspecified atom stereocenters. The van der Waals surface area contributed by atoms with Crippen LogP contribution < -0.4 is 5.73 Å². The summed E-state index contributed by atoms with van der Waals surface area (Å²) in [7, 11) is 0. The molecule has 0 spiro atoms. The molecule has 17 heavy (non-hydrogen) atoms. The van der Waals surface area contributed by atoms with Crippen molar-refractivity contribution in [3.05, 3.63) is 38.8 Å². The molecule has 1 heterocycles. The SMILES string of the molecule is Cc1cc(-c2nc(C)c(I)c(N)n2)ccc1F. The Morgan fingerprint density at radius 2 is 1.94 bits per heavy atom. The first-order valence-corrected chi connectivity index (χ1v) is 6.13. The molecule has 0 radical (unpaired) electrons. The Morgan fingerprint density at radius 1 is 1.24 bits per heavy atom. The number of rotatable bonds is 1. The molecule has 3 nitrogen and oxygen atoms in total. The van der Waals surface area contributed by atoms with Crippen LogP contribution in [0.15, 0.2) is 18.2 Å². The lowest BCUT2D eigenvalue weighted by molar-refractivity contribution is 0.618. The number of hydrogen-bond acceptors (Lipinski definition) is 3. The Kier molecular flexibility index (Phi) is 3.28. The summed E-state index contributed by atoms with van der Waals surface area (Å²) < 4.78 is 14.0. The van der Waals surface area contributed by atoms with Gasteiger partial charge in [-0.1, -0.05) is 0 Å². The van der Waals surface area contributed by atoms with Gasteiger partial charge < -0.3 is 5.73 Å². The van der Waals surface area contributed by atoms with Gasteiger partial charge in [-0.15, -0.1) is 0 Å². The average Bonchev–Trinajstić information content (AvgIpc) is 2.29. The van der Waals surface area contributed by atoms with Crippen LogP contribution >= 0.6 is 22.6 Å². The van der Waals surface area contributed by atoms with Crippen LogP contribution in [0.3, 0.4) is 0 Å². The van der Waals surface area contributed by atoms with Crippen molar-refractivity contribution in [2.45, 2.75) is 13.8 Å². The maximum Gasteiger partial charge on any atom is 0.161 e. The number of aryl methyl sites for hydroxylation is 2. The number of nitrogens with zero attached hydrogens (tertiary/aromatic N) is 2. The third kappa shape index (κ3) is 2.38. The van der Waals surface area contributed by atoms with E-state index >= 15 is 0 Å². The quantitative estimate of drug-likeness (QED) is 0.810. The number of hydrogen-bond donors (Lipinski definition) is 1. The average molecular weight is 343 g/mol. The number of aromatic nitrogens is 2. The molecule has 0 fully saturated rings. The Hall–Kier alpha value is -1.24. The molecule has 1 aromatic heterocycles. The largest absolute Gasteiger partial charge is 0.383 e. The maximum absolute atomic E-state index is 13.2. The van der Waals surface area contributed by atoms with E-state index < -0.39 is 0 Å². The van der Waals surface area contributed by atoms with Crippen molar-refractivity contribution in [2.24, 2.45) is 0 Å². The van der Waals surface area contributed by atoms with E-state index in [4.69, 9.17) is 5.73 Å². The van der Waals surface area contributed by atoms with Gasteiger partial charge in [-0.05, 0) is 60.2 Å². The lowest BCUT2D eigenvalue weighted by Gasteiger charge is -2.06. The van der Waals surface area contributed by atoms with Gasteiger partial charge in [-0.2, -0.15) is 0 Å². The van der Waals surface area contributed by atoms with Crippen LogP contribution in [0.5, 0.6) is 0 Å². The van der Waals surface area contributed by atoms with Crippen molar-refractivity contribution in [1.29, 1.82) is 0 Å². The van der Waals surface area contributed by atoms with Crippen LogP contribution in [0.2, 0.25) is 0 Å². The summed E-state index contributed by atoms with van der Waals surface area (Å²) in [6.07, 6.45) is 0. The van der Waals surface area contributed by atoms with Crippen molar-refractivity contribution >= 4 is 28.4 Å². The van der Waals surface area contributed by atoms with E-state index in [2.05, 4.69) is 32.6 Å². The third-order valence-electron chi connectivity index (χ3n) is 2.46. The van der Waals surface area contributed by atoms with Crippen molar-refractivity contribution in [2.75, 3.05) is 5.73 Å². The summed E-state index contributed by atoms with van der Waals surface area (Å²) in [6, 6.07) is 4.79. The minimum atomic E-state index is -0.232. The molecule has 0 saturated carbocycles. The lowest BCUT2D eigenvalue weighted by atomic mass is 10.1. The highest BCUT2D eigenvalue weighted by Crippen LogP contribution is 2.23. The summed E-state index contributed by atoms with van der Waals surface area (Å²) in [6.45, 7) is 3.58. The lowest BCUT2D eigenvalue weighted by Crippen LogP contribution is -2.02. The van der Waals surface area contributed by atoms with E-state index in [1.807, 2.05) is 6.92 Å². The van der Waals surface area contributed by atoms with Gasteiger partial charge in [0, 0.05) is 5.56 Å². The minimum absolute atomic E-state index is 0.232. The van der Waals surface area contributed by atoms with Crippen LogP contribution in [-0.2, 0) is 0 Å². The molecule has 0 atom stereocenters. The molecular weight excluding hydrogens is 332 g/mol. The Labute approximate surface area is 112 Å². The van der Waals surface area contributed by atoms with Gasteiger partial charge in [0.15, 0.2) is 5.82 Å². The van der Waals surface area contributed by atoms with Gasteiger partial charge in [0.05, 0.1) is 9.26 Å². The summed E-state index contributed by atoms with van der Waals surface area (Å²) >= 11 is 2.11. The van der Waals surface area contributed by atoms with Gasteiger partial charge in [-0.3, -0.25) is 0 Å². The van der Waals surface area contributed by atoms with E-state index in [0.717, 1.165) is 14.8 Å². The summed E-state index contributed by atoms with van der Waals surface area (Å²) in [5.74, 6) is 0.752. The standard InChI is InChI=1S/C12H11FIN3/c1-6-5-8(3-4-9(6)13)12-16-7(2)10(14)11(15)17-12/h3-5H,1-2H3,(H2,15,16,17). The number of nitrogens with two attached hydrogens (primary N) is 1. The molecule has 0 amide bonds. The molecule has 88 valence electrons. The van der Waals surface area contributed by atoms with Crippen molar-refractivity contribution in [3.63, 3.8) is 0 Å². The predicted octanol–water partition coefficient (Wildman–Crippen LogP) is 3.09. The molecule has 2 N–H and O–H groups in total. The third-order valence-corrected chi connectivity index (χ3v) is 3.79. The Balaban J connectivity index is 2.57. The maximum atomic E-state index is 13.2.